The highest BCUT2D eigenvalue weighted by Gasteiger charge is 2.53. The van der Waals surface area contributed by atoms with Crippen LogP contribution in [0, 0.1) is 0 Å². The Morgan fingerprint density at radius 2 is 1.89 bits per heavy atom. The summed E-state index contributed by atoms with van der Waals surface area (Å²) in [5.41, 5.74) is -0.358. The molecule has 0 bridgehead atoms. The maximum Gasteiger partial charge on any atom is 0.465 e. The van der Waals surface area contributed by atoms with Crippen molar-refractivity contribution in [3.63, 3.8) is 0 Å². The first-order chi connectivity index (χ1) is 8.23. The van der Waals surface area contributed by atoms with E-state index in [1.165, 1.54) is 0 Å². The van der Waals surface area contributed by atoms with Gasteiger partial charge in [0.1, 0.15) is 0 Å². The van der Waals surface area contributed by atoms with Crippen molar-refractivity contribution < 1.29 is 19.2 Å². The van der Waals surface area contributed by atoms with E-state index in [1.807, 2.05) is 33.8 Å². The lowest BCUT2D eigenvalue weighted by molar-refractivity contribution is -0.132. The molecule has 0 aromatic heterocycles. The van der Waals surface area contributed by atoms with Gasteiger partial charge in [0.15, 0.2) is 0 Å². The van der Waals surface area contributed by atoms with E-state index < -0.39 is 5.97 Å². The van der Waals surface area contributed by atoms with Crippen LogP contribution >= 0.6 is 0 Å². The largest absolute Gasteiger partial charge is 0.478 e. The van der Waals surface area contributed by atoms with Gasteiger partial charge in [0.25, 0.3) is 0 Å². The smallest absolute Gasteiger partial charge is 0.465 e. The molecule has 2 rings (SSSR count). The van der Waals surface area contributed by atoms with Crippen LogP contribution in [0.5, 0.6) is 0 Å². The lowest BCUT2D eigenvalue weighted by Crippen LogP contribution is -2.41. The van der Waals surface area contributed by atoms with E-state index in [0.717, 1.165) is 0 Å². The molecule has 1 aliphatic carbocycles. The Hall–Kier alpha value is -1.07. The molecule has 1 heterocycles. The number of carbonyl (C=O) groups is 1. The van der Waals surface area contributed by atoms with Gasteiger partial charge in [0.05, 0.1) is 11.2 Å². The number of rotatable bonds is 2. The monoisotopic (exact) mass is 250 g/mol. The van der Waals surface area contributed by atoms with Crippen LogP contribution in [0.25, 0.3) is 0 Å². The average Bonchev–Trinajstić information content (AvgIpc) is 2.48. The van der Waals surface area contributed by atoms with Crippen LogP contribution in [0.1, 0.15) is 34.1 Å². The predicted octanol–water partition coefficient (Wildman–Crippen LogP) is 2.42. The highest BCUT2D eigenvalue weighted by atomic mass is 16.7. The maximum atomic E-state index is 11.0. The van der Waals surface area contributed by atoms with Crippen LogP contribution < -0.4 is 0 Å². The van der Waals surface area contributed by atoms with Gasteiger partial charge in [-0.15, -0.1) is 0 Å². The van der Waals surface area contributed by atoms with Gasteiger partial charge < -0.3 is 14.4 Å². The Morgan fingerprint density at radius 1 is 1.33 bits per heavy atom. The third-order valence-electron chi connectivity index (χ3n) is 4.01. The quantitative estimate of drug-likeness (QED) is 0.764. The second-order valence-corrected chi connectivity index (χ2v) is 5.87. The minimum Gasteiger partial charge on any atom is -0.478 e. The maximum absolute atomic E-state index is 11.0. The standard InChI is InChI=1S/C13H19BO4/c1-12(2)13(3,4)18-14(17-12)10-7-5-6-9(8-10)11(15)16/h5-7,10H,8H2,1-4H3,(H,15,16). The van der Waals surface area contributed by atoms with Crippen LogP contribution in [0.3, 0.4) is 0 Å². The van der Waals surface area contributed by atoms with Crippen LogP contribution in [0.15, 0.2) is 23.8 Å². The second-order valence-electron chi connectivity index (χ2n) is 5.87. The van der Waals surface area contributed by atoms with E-state index in [4.69, 9.17) is 14.4 Å². The van der Waals surface area contributed by atoms with Gasteiger partial charge in [-0.25, -0.2) is 4.79 Å². The number of hydrogen-bond acceptors (Lipinski definition) is 3. The van der Waals surface area contributed by atoms with Crippen molar-refractivity contribution in [1.29, 1.82) is 0 Å². The fraction of sp³-hybridized carbons (Fsp3) is 0.615. The van der Waals surface area contributed by atoms with Crippen molar-refractivity contribution in [3.8, 4) is 0 Å². The van der Waals surface area contributed by atoms with E-state index in [9.17, 15) is 4.79 Å². The first-order valence-electron chi connectivity index (χ1n) is 6.19. The van der Waals surface area contributed by atoms with Crippen LogP contribution in [0.2, 0.25) is 5.82 Å². The van der Waals surface area contributed by atoms with Gasteiger partial charge in [0.2, 0.25) is 0 Å². The van der Waals surface area contributed by atoms with E-state index >= 15 is 0 Å². The molecular weight excluding hydrogens is 231 g/mol. The van der Waals surface area contributed by atoms with Gasteiger partial charge in [-0.05, 0) is 34.1 Å². The summed E-state index contributed by atoms with van der Waals surface area (Å²) < 4.78 is 11.9. The molecule has 2 aliphatic rings. The first-order valence-corrected chi connectivity index (χ1v) is 6.19. The minimum absolute atomic E-state index is 0.0397. The fourth-order valence-electron chi connectivity index (χ4n) is 2.11. The van der Waals surface area contributed by atoms with Gasteiger partial charge in [0, 0.05) is 11.4 Å². The summed E-state index contributed by atoms with van der Waals surface area (Å²) in [6.45, 7) is 7.97. The molecule has 18 heavy (non-hydrogen) atoms. The van der Waals surface area contributed by atoms with Crippen molar-refractivity contribution in [2.24, 2.45) is 0 Å². The summed E-state index contributed by atoms with van der Waals surface area (Å²) in [6, 6.07) is 0. The third-order valence-corrected chi connectivity index (χ3v) is 4.01. The summed E-state index contributed by atoms with van der Waals surface area (Å²) in [6.07, 6.45) is 5.80. The van der Waals surface area contributed by atoms with E-state index in [-0.39, 0.29) is 24.1 Å². The van der Waals surface area contributed by atoms with Crippen molar-refractivity contribution in [3.05, 3.63) is 23.8 Å². The Bertz CT molecular complexity index is 407. The van der Waals surface area contributed by atoms with E-state index in [0.29, 0.717) is 12.0 Å². The number of allylic oxidation sites excluding steroid dienone is 3. The van der Waals surface area contributed by atoms with Crippen molar-refractivity contribution >= 4 is 13.1 Å². The Labute approximate surface area is 108 Å². The molecule has 0 amide bonds. The Kier molecular flexibility index (Phi) is 3.15. The molecule has 0 radical (unpaired) electrons. The van der Waals surface area contributed by atoms with Gasteiger partial charge in [-0.2, -0.15) is 0 Å². The molecular formula is C13H19BO4. The molecule has 0 saturated carbocycles. The predicted molar refractivity (Wildman–Crippen MR) is 69.3 cm³/mol. The third kappa shape index (κ3) is 2.25. The molecule has 0 aromatic rings. The molecule has 1 atom stereocenters. The van der Waals surface area contributed by atoms with E-state index in [1.54, 1.807) is 12.2 Å². The summed E-state index contributed by atoms with van der Waals surface area (Å²) in [5, 5.41) is 9.02. The molecule has 0 spiro atoms. The summed E-state index contributed by atoms with van der Waals surface area (Å²) in [4.78, 5) is 11.0. The molecule has 5 heteroatoms. The molecule has 0 aromatic carbocycles. The average molecular weight is 250 g/mol. The van der Waals surface area contributed by atoms with Gasteiger partial charge >= 0.3 is 13.1 Å². The lowest BCUT2D eigenvalue weighted by Gasteiger charge is -2.32. The van der Waals surface area contributed by atoms with Crippen LogP contribution in [0.4, 0.5) is 0 Å². The zero-order valence-corrected chi connectivity index (χ0v) is 11.3. The van der Waals surface area contributed by atoms with Gasteiger partial charge in [-0.1, -0.05) is 18.2 Å². The number of carboxylic acids is 1. The van der Waals surface area contributed by atoms with Crippen molar-refractivity contribution in [2.45, 2.75) is 51.1 Å². The SMILES string of the molecule is CC1(C)OB(C2C=CC=C(C(=O)O)C2)OC1(C)C. The number of carboxylic acid groups (broad SMARTS) is 1. The number of aliphatic carboxylic acids is 1. The van der Waals surface area contributed by atoms with Gasteiger partial charge in [-0.3, -0.25) is 0 Å². The highest BCUT2D eigenvalue weighted by molar-refractivity contribution is 6.48. The minimum atomic E-state index is -0.874. The molecule has 1 unspecified atom stereocenters. The molecule has 1 saturated heterocycles. The zero-order valence-electron chi connectivity index (χ0n) is 11.3. The molecule has 98 valence electrons. The zero-order chi connectivity index (χ0) is 13.6. The van der Waals surface area contributed by atoms with E-state index in [2.05, 4.69) is 0 Å². The molecule has 4 nitrogen and oxygen atoms in total. The summed E-state index contributed by atoms with van der Waals surface area (Å²) >= 11 is 0. The molecule has 1 aliphatic heterocycles. The first kappa shape index (κ1) is 13.4. The summed E-state index contributed by atoms with van der Waals surface area (Å²) in [7, 11) is -0.380. The van der Waals surface area contributed by atoms with Crippen LogP contribution in [-0.2, 0) is 14.1 Å². The molecule has 1 N–H and O–H groups in total. The Balaban J connectivity index is 2.11. The van der Waals surface area contributed by atoms with Crippen molar-refractivity contribution in [2.75, 3.05) is 0 Å². The summed E-state index contributed by atoms with van der Waals surface area (Å²) in [5.74, 6) is -0.914. The number of hydrogen-bond donors (Lipinski definition) is 1. The highest BCUT2D eigenvalue weighted by Crippen LogP contribution is 2.42. The fourth-order valence-corrected chi connectivity index (χ4v) is 2.11. The van der Waals surface area contributed by atoms with Crippen LogP contribution in [-0.4, -0.2) is 29.4 Å². The normalized spacial score (nSPS) is 29.2. The lowest BCUT2D eigenvalue weighted by atomic mass is 9.67. The van der Waals surface area contributed by atoms with Crippen molar-refractivity contribution in [1.82, 2.24) is 0 Å². The molecule has 1 fully saturated rings. The second kappa shape index (κ2) is 4.25. The Morgan fingerprint density at radius 3 is 2.39 bits per heavy atom. The topological polar surface area (TPSA) is 55.8 Å².